The Morgan fingerprint density at radius 2 is 1.94 bits per heavy atom. The SMILES string of the molecule is CNC(=O)NC=C(C#N)C(=O)c1ccc(Cl)cc1. The molecule has 0 bridgehead atoms. The lowest BCUT2D eigenvalue weighted by atomic mass is 10.1. The zero-order valence-corrected chi connectivity index (χ0v) is 10.3. The van der Waals surface area contributed by atoms with Crippen LogP contribution in [0, 0.1) is 11.3 Å². The van der Waals surface area contributed by atoms with E-state index in [1.807, 2.05) is 0 Å². The predicted molar refractivity (Wildman–Crippen MR) is 67.1 cm³/mol. The van der Waals surface area contributed by atoms with Gasteiger partial charge in [-0.3, -0.25) is 4.79 Å². The fraction of sp³-hybridized carbons (Fsp3) is 0.0833. The zero-order valence-electron chi connectivity index (χ0n) is 9.53. The van der Waals surface area contributed by atoms with E-state index in [4.69, 9.17) is 16.9 Å². The van der Waals surface area contributed by atoms with Gasteiger partial charge < -0.3 is 10.6 Å². The number of hydrogen-bond donors (Lipinski definition) is 2. The third-order valence-corrected chi connectivity index (χ3v) is 2.30. The van der Waals surface area contributed by atoms with Gasteiger partial charge in [0.15, 0.2) is 0 Å². The maximum Gasteiger partial charge on any atom is 0.318 e. The van der Waals surface area contributed by atoms with Crippen LogP contribution in [0.1, 0.15) is 10.4 Å². The number of carbonyl (C=O) groups excluding carboxylic acids is 2. The first-order valence-corrected chi connectivity index (χ1v) is 5.35. The van der Waals surface area contributed by atoms with Gasteiger partial charge in [0.1, 0.15) is 11.6 Å². The standard InChI is InChI=1S/C12H10ClN3O2/c1-15-12(18)16-7-9(6-14)11(17)8-2-4-10(13)5-3-8/h2-5,7H,1H3,(H2,15,16,18). The van der Waals surface area contributed by atoms with E-state index in [9.17, 15) is 9.59 Å². The van der Waals surface area contributed by atoms with Crippen molar-refractivity contribution in [3.05, 3.63) is 46.6 Å². The Bertz CT molecular complexity index is 529. The number of amides is 2. The molecule has 0 aromatic heterocycles. The summed E-state index contributed by atoms with van der Waals surface area (Å²) >= 11 is 5.70. The monoisotopic (exact) mass is 263 g/mol. The van der Waals surface area contributed by atoms with Crippen molar-refractivity contribution in [2.45, 2.75) is 0 Å². The van der Waals surface area contributed by atoms with E-state index in [1.165, 1.54) is 19.2 Å². The summed E-state index contributed by atoms with van der Waals surface area (Å²) < 4.78 is 0. The molecule has 6 heteroatoms. The normalized spacial score (nSPS) is 10.4. The third-order valence-electron chi connectivity index (χ3n) is 2.05. The second-order valence-corrected chi connectivity index (χ2v) is 3.67. The molecule has 0 aliphatic carbocycles. The number of rotatable bonds is 3. The quantitative estimate of drug-likeness (QED) is 0.496. The summed E-state index contributed by atoms with van der Waals surface area (Å²) in [5, 5.41) is 13.9. The van der Waals surface area contributed by atoms with Crippen LogP contribution in [0.4, 0.5) is 4.79 Å². The van der Waals surface area contributed by atoms with Gasteiger partial charge in [0, 0.05) is 23.8 Å². The second-order valence-electron chi connectivity index (χ2n) is 3.23. The fourth-order valence-electron chi connectivity index (χ4n) is 1.12. The topological polar surface area (TPSA) is 82.0 Å². The van der Waals surface area contributed by atoms with E-state index in [0.29, 0.717) is 10.6 Å². The van der Waals surface area contributed by atoms with Crippen LogP contribution in [0.3, 0.4) is 0 Å². The van der Waals surface area contributed by atoms with Crippen LogP contribution >= 0.6 is 11.6 Å². The highest BCUT2D eigenvalue weighted by molar-refractivity contribution is 6.30. The van der Waals surface area contributed by atoms with Gasteiger partial charge in [-0.15, -0.1) is 0 Å². The van der Waals surface area contributed by atoms with Crippen molar-refractivity contribution < 1.29 is 9.59 Å². The number of nitriles is 1. The molecular weight excluding hydrogens is 254 g/mol. The molecule has 2 amide bonds. The Morgan fingerprint density at radius 1 is 1.33 bits per heavy atom. The lowest BCUT2D eigenvalue weighted by Gasteiger charge is -2.01. The van der Waals surface area contributed by atoms with Crippen LogP contribution < -0.4 is 10.6 Å². The summed E-state index contributed by atoms with van der Waals surface area (Å²) in [7, 11) is 1.43. The summed E-state index contributed by atoms with van der Waals surface area (Å²) in [6, 6.07) is 7.35. The van der Waals surface area contributed by atoms with Crippen LogP contribution in [0.15, 0.2) is 36.0 Å². The van der Waals surface area contributed by atoms with Crippen molar-refractivity contribution in [1.82, 2.24) is 10.6 Å². The molecule has 92 valence electrons. The number of urea groups is 1. The smallest absolute Gasteiger partial charge is 0.318 e. The van der Waals surface area contributed by atoms with Gasteiger partial charge in [0.25, 0.3) is 0 Å². The molecule has 0 fully saturated rings. The minimum Gasteiger partial charge on any atom is -0.341 e. The van der Waals surface area contributed by atoms with Gasteiger partial charge in [-0.2, -0.15) is 5.26 Å². The van der Waals surface area contributed by atoms with E-state index in [1.54, 1.807) is 18.2 Å². The Balaban J connectivity index is 2.90. The first-order valence-electron chi connectivity index (χ1n) is 4.97. The number of halogens is 1. The average Bonchev–Trinajstić information content (AvgIpc) is 2.39. The van der Waals surface area contributed by atoms with Crippen molar-refractivity contribution in [3.8, 4) is 6.07 Å². The van der Waals surface area contributed by atoms with Crippen molar-refractivity contribution in [2.75, 3.05) is 7.05 Å². The van der Waals surface area contributed by atoms with E-state index in [2.05, 4.69) is 10.6 Å². The van der Waals surface area contributed by atoms with Gasteiger partial charge in [-0.1, -0.05) is 11.6 Å². The average molecular weight is 264 g/mol. The number of allylic oxidation sites excluding steroid dienone is 1. The molecule has 0 aliphatic rings. The predicted octanol–water partition coefficient (Wildman–Crippen LogP) is 1.86. The van der Waals surface area contributed by atoms with Gasteiger partial charge in [0.2, 0.25) is 5.78 Å². The first kappa shape index (κ1) is 13.7. The Labute approximate surface area is 109 Å². The third kappa shape index (κ3) is 3.61. The lowest BCUT2D eigenvalue weighted by molar-refractivity contribution is 0.103. The molecular formula is C12H10ClN3O2. The summed E-state index contributed by atoms with van der Waals surface area (Å²) in [5.74, 6) is -0.481. The Hall–Kier alpha value is -2.32. The van der Waals surface area contributed by atoms with Gasteiger partial charge in [-0.25, -0.2) is 4.79 Å². The molecule has 2 N–H and O–H groups in total. The number of ketones is 1. The van der Waals surface area contributed by atoms with Crippen LogP contribution in [0.25, 0.3) is 0 Å². The molecule has 1 aromatic rings. The molecule has 0 unspecified atom stereocenters. The van der Waals surface area contributed by atoms with Crippen molar-refractivity contribution in [3.63, 3.8) is 0 Å². The highest BCUT2D eigenvalue weighted by Crippen LogP contribution is 2.12. The first-order chi connectivity index (χ1) is 8.58. The van der Waals surface area contributed by atoms with Crippen molar-refractivity contribution in [1.29, 1.82) is 5.26 Å². The molecule has 5 nitrogen and oxygen atoms in total. The molecule has 0 aliphatic heterocycles. The van der Waals surface area contributed by atoms with E-state index < -0.39 is 11.8 Å². The number of nitrogens with zero attached hydrogens (tertiary/aromatic N) is 1. The highest BCUT2D eigenvalue weighted by atomic mass is 35.5. The molecule has 1 aromatic carbocycles. The summed E-state index contributed by atoms with van der Waals surface area (Å²) in [5.41, 5.74) is 0.159. The second kappa shape index (κ2) is 6.42. The van der Waals surface area contributed by atoms with E-state index >= 15 is 0 Å². The molecule has 0 saturated carbocycles. The zero-order chi connectivity index (χ0) is 13.5. The maximum absolute atomic E-state index is 11.9. The summed E-state index contributed by atoms with van der Waals surface area (Å²) in [6.07, 6.45) is 1.07. The van der Waals surface area contributed by atoms with E-state index in [0.717, 1.165) is 6.20 Å². The van der Waals surface area contributed by atoms with E-state index in [-0.39, 0.29) is 5.57 Å². The molecule has 0 radical (unpaired) electrons. The number of Topliss-reactive ketones (excluding diaryl/α,β-unsaturated/α-hetero) is 1. The molecule has 0 heterocycles. The van der Waals surface area contributed by atoms with Gasteiger partial charge in [0.05, 0.1) is 0 Å². The largest absolute Gasteiger partial charge is 0.341 e. The van der Waals surface area contributed by atoms with Crippen LogP contribution in [-0.4, -0.2) is 18.9 Å². The van der Waals surface area contributed by atoms with Crippen LogP contribution in [0.2, 0.25) is 5.02 Å². The van der Waals surface area contributed by atoms with Crippen LogP contribution in [-0.2, 0) is 0 Å². The minimum atomic E-state index is -0.508. The van der Waals surface area contributed by atoms with Crippen molar-refractivity contribution in [2.24, 2.45) is 0 Å². The molecule has 0 atom stereocenters. The van der Waals surface area contributed by atoms with Crippen molar-refractivity contribution >= 4 is 23.4 Å². The number of benzene rings is 1. The Morgan fingerprint density at radius 3 is 2.44 bits per heavy atom. The molecule has 1 rings (SSSR count). The highest BCUT2D eigenvalue weighted by Gasteiger charge is 2.12. The maximum atomic E-state index is 11.9. The lowest BCUT2D eigenvalue weighted by Crippen LogP contribution is -2.29. The molecule has 0 saturated heterocycles. The summed E-state index contributed by atoms with van der Waals surface area (Å²) in [4.78, 5) is 22.8. The number of hydrogen-bond acceptors (Lipinski definition) is 3. The minimum absolute atomic E-state index is 0.166. The molecule has 18 heavy (non-hydrogen) atoms. The Kier molecular flexibility index (Phi) is 4.90. The fourth-order valence-corrected chi connectivity index (χ4v) is 1.24. The number of nitrogens with one attached hydrogen (secondary N) is 2. The summed E-state index contributed by atoms with van der Waals surface area (Å²) in [6.45, 7) is 0. The van der Waals surface area contributed by atoms with Gasteiger partial charge in [-0.05, 0) is 24.3 Å². The van der Waals surface area contributed by atoms with Gasteiger partial charge >= 0.3 is 6.03 Å². The number of carbonyl (C=O) groups is 2. The van der Waals surface area contributed by atoms with Crippen LogP contribution in [0.5, 0.6) is 0 Å². The molecule has 0 spiro atoms.